The Balaban J connectivity index is 1.43. The quantitative estimate of drug-likeness (QED) is 0.593. The molecular weight excluding hydrogens is 371 g/mol. The van der Waals surface area contributed by atoms with Gasteiger partial charge in [0.15, 0.2) is 6.10 Å². The second-order valence-electron chi connectivity index (χ2n) is 7.59. The summed E-state index contributed by atoms with van der Waals surface area (Å²) < 4.78 is 13.8. The molecule has 4 rings (SSSR count). The molecule has 6 heteroatoms. The Kier molecular flexibility index (Phi) is 4.28. The third-order valence-electron chi connectivity index (χ3n) is 4.57. The highest BCUT2D eigenvalue weighted by Gasteiger charge is 2.27. The topological polar surface area (TPSA) is 36.3 Å². The van der Waals surface area contributed by atoms with E-state index in [-0.39, 0.29) is 11.5 Å². The van der Waals surface area contributed by atoms with Crippen molar-refractivity contribution < 1.29 is 9.47 Å². The zero-order valence-corrected chi connectivity index (χ0v) is 16.4. The van der Waals surface area contributed by atoms with E-state index in [2.05, 4.69) is 37.9 Å². The normalized spacial score (nSPS) is 16.6. The molecule has 0 radical (unpaired) electrons. The van der Waals surface area contributed by atoms with E-state index in [1.54, 1.807) is 6.07 Å². The van der Waals surface area contributed by atoms with Gasteiger partial charge in [0, 0.05) is 0 Å². The van der Waals surface area contributed by atoms with Gasteiger partial charge in [0.1, 0.15) is 12.4 Å². The minimum Gasteiger partial charge on any atom is -0.490 e. The van der Waals surface area contributed by atoms with E-state index in [1.807, 2.05) is 22.8 Å². The molecule has 1 atom stereocenters. The molecule has 0 unspecified atom stereocenters. The van der Waals surface area contributed by atoms with E-state index < -0.39 is 0 Å². The lowest BCUT2D eigenvalue weighted by Crippen LogP contribution is -2.23. The summed E-state index contributed by atoms with van der Waals surface area (Å²) in [5.74, 6) is 0.839. The molecule has 0 saturated heterocycles. The maximum Gasteiger partial charge on any atom is 0.297 e. The Bertz CT molecular complexity index is 959. The number of hydrogen-bond donors (Lipinski definition) is 0. The lowest BCUT2D eigenvalue weighted by atomic mass is 9.87. The summed E-state index contributed by atoms with van der Waals surface area (Å²) in [5.41, 5.74) is 3.12. The highest BCUT2D eigenvalue weighted by atomic mass is 35.5. The fraction of sp³-hybridized carbons (Fsp3) is 0.350. The number of benzene rings is 2. The van der Waals surface area contributed by atoms with E-state index >= 15 is 0 Å². The second-order valence-corrected chi connectivity index (χ2v) is 8.40. The smallest absolute Gasteiger partial charge is 0.297 e. The molecule has 0 spiro atoms. The third kappa shape index (κ3) is 3.24. The summed E-state index contributed by atoms with van der Waals surface area (Å²) in [6.07, 6.45) is -0.0846. The minimum atomic E-state index is -0.0846. The first-order valence-electron chi connectivity index (χ1n) is 8.56. The van der Waals surface area contributed by atoms with Crippen LogP contribution in [0.4, 0.5) is 0 Å². The van der Waals surface area contributed by atoms with Gasteiger partial charge in [0.2, 0.25) is 0 Å². The van der Waals surface area contributed by atoms with Gasteiger partial charge in [0.05, 0.1) is 27.6 Å². The molecule has 0 fully saturated rings. The third-order valence-corrected chi connectivity index (χ3v) is 5.29. The van der Waals surface area contributed by atoms with Crippen LogP contribution in [0.5, 0.6) is 11.8 Å². The molecule has 0 bridgehead atoms. The molecule has 0 N–H and O–H groups in total. The van der Waals surface area contributed by atoms with Crippen LogP contribution in [-0.4, -0.2) is 22.3 Å². The van der Waals surface area contributed by atoms with Gasteiger partial charge < -0.3 is 9.47 Å². The predicted octanol–water partition coefficient (Wildman–Crippen LogP) is 5.48. The first-order chi connectivity index (χ1) is 12.3. The van der Waals surface area contributed by atoms with Crippen LogP contribution in [0, 0.1) is 0 Å². The maximum absolute atomic E-state index is 6.13. The predicted molar refractivity (Wildman–Crippen MR) is 105 cm³/mol. The molecule has 1 aliphatic rings. The van der Waals surface area contributed by atoms with Crippen molar-refractivity contribution >= 4 is 34.2 Å². The van der Waals surface area contributed by atoms with Crippen LogP contribution in [0.2, 0.25) is 10.0 Å². The van der Waals surface area contributed by atoms with E-state index in [4.69, 9.17) is 32.7 Å². The Morgan fingerprint density at radius 1 is 1.15 bits per heavy atom. The summed E-state index contributed by atoms with van der Waals surface area (Å²) in [7, 11) is 0. The molecule has 2 heterocycles. The Morgan fingerprint density at radius 2 is 1.85 bits per heavy atom. The van der Waals surface area contributed by atoms with Crippen molar-refractivity contribution in [2.75, 3.05) is 6.61 Å². The number of rotatable bonds is 3. The molecule has 1 aromatic heterocycles. The van der Waals surface area contributed by atoms with Crippen molar-refractivity contribution in [1.29, 1.82) is 0 Å². The van der Waals surface area contributed by atoms with Crippen LogP contribution in [0.25, 0.3) is 11.0 Å². The number of imidazole rings is 1. The van der Waals surface area contributed by atoms with Gasteiger partial charge in [-0.3, -0.25) is 4.57 Å². The van der Waals surface area contributed by atoms with Crippen molar-refractivity contribution in [2.24, 2.45) is 0 Å². The molecule has 26 heavy (non-hydrogen) atoms. The van der Waals surface area contributed by atoms with Gasteiger partial charge in [0.25, 0.3) is 6.01 Å². The standard InChI is InChI=1S/C20H20Cl2N2O2/c1-20(2,3)12-4-6-13(7-5-12)25-11-14-10-24-18-9-16(22)15(21)8-17(18)23-19(24)26-14/h4-9,14H,10-11H2,1-3H3/t14-/m0/s1. The molecule has 0 saturated carbocycles. The highest BCUT2D eigenvalue weighted by molar-refractivity contribution is 6.42. The lowest BCUT2D eigenvalue weighted by molar-refractivity contribution is 0.144. The molecule has 0 aliphatic carbocycles. The van der Waals surface area contributed by atoms with Crippen LogP contribution >= 0.6 is 23.2 Å². The SMILES string of the molecule is CC(C)(C)c1ccc(OC[C@@H]2Cn3c(nc4cc(Cl)c(Cl)cc43)O2)cc1. The Labute approximate surface area is 162 Å². The molecule has 3 aromatic rings. The van der Waals surface area contributed by atoms with E-state index in [0.717, 1.165) is 16.8 Å². The fourth-order valence-corrected chi connectivity index (χ4v) is 3.40. The van der Waals surface area contributed by atoms with Gasteiger partial charge in [-0.2, -0.15) is 4.98 Å². The van der Waals surface area contributed by atoms with Crippen LogP contribution in [0.1, 0.15) is 26.3 Å². The molecule has 1 aliphatic heterocycles. The molecule has 0 amide bonds. The average molecular weight is 391 g/mol. The van der Waals surface area contributed by atoms with Crippen molar-refractivity contribution in [1.82, 2.24) is 9.55 Å². The van der Waals surface area contributed by atoms with Crippen molar-refractivity contribution in [3.63, 3.8) is 0 Å². The summed E-state index contributed by atoms with van der Waals surface area (Å²) in [4.78, 5) is 4.48. The second kappa shape index (κ2) is 6.36. The number of aromatic nitrogens is 2. The largest absolute Gasteiger partial charge is 0.490 e. The summed E-state index contributed by atoms with van der Waals surface area (Å²) in [6, 6.07) is 12.4. The molecule has 136 valence electrons. The maximum atomic E-state index is 6.13. The Hall–Kier alpha value is -1.91. The van der Waals surface area contributed by atoms with Crippen molar-refractivity contribution in [3.8, 4) is 11.8 Å². The van der Waals surface area contributed by atoms with Gasteiger partial charge in [-0.15, -0.1) is 0 Å². The summed E-state index contributed by atoms with van der Waals surface area (Å²) >= 11 is 12.2. The van der Waals surface area contributed by atoms with Crippen molar-refractivity contribution in [3.05, 3.63) is 52.0 Å². The lowest BCUT2D eigenvalue weighted by Gasteiger charge is -2.19. The van der Waals surface area contributed by atoms with Gasteiger partial charge in [-0.05, 0) is 35.2 Å². The zero-order chi connectivity index (χ0) is 18.5. The number of nitrogens with zero attached hydrogens (tertiary/aromatic N) is 2. The van der Waals surface area contributed by atoms with Gasteiger partial charge >= 0.3 is 0 Å². The zero-order valence-electron chi connectivity index (χ0n) is 14.9. The van der Waals surface area contributed by atoms with E-state index in [0.29, 0.717) is 29.2 Å². The van der Waals surface area contributed by atoms with Gasteiger partial charge in [-0.25, -0.2) is 0 Å². The van der Waals surface area contributed by atoms with E-state index in [9.17, 15) is 0 Å². The van der Waals surface area contributed by atoms with Crippen LogP contribution in [0.15, 0.2) is 36.4 Å². The monoisotopic (exact) mass is 390 g/mol. The number of fused-ring (bicyclic) bond motifs is 3. The first kappa shape index (κ1) is 17.5. The van der Waals surface area contributed by atoms with Gasteiger partial charge in [-0.1, -0.05) is 56.1 Å². The first-order valence-corrected chi connectivity index (χ1v) is 9.32. The van der Waals surface area contributed by atoms with Crippen molar-refractivity contribution in [2.45, 2.75) is 38.8 Å². The fourth-order valence-electron chi connectivity index (χ4n) is 3.08. The molecule has 2 aromatic carbocycles. The van der Waals surface area contributed by atoms with Crippen LogP contribution in [0.3, 0.4) is 0 Å². The number of hydrogen-bond acceptors (Lipinski definition) is 3. The average Bonchev–Trinajstić information content (AvgIpc) is 3.11. The van der Waals surface area contributed by atoms with Crippen LogP contribution in [-0.2, 0) is 12.0 Å². The Morgan fingerprint density at radius 3 is 2.54 bits per heavy atom. The highest BCUT2D eigenvalue weighted by Crippen LogP contribution is 2.33. The number of ether oxygens (including phenoxy) is 2. The molecule has 4 nitrogen and oxygen atoms in total. The summed E-state index contributed by atoms with van der Waals surface area (Å²) in [5, 5.41) is 1.01. The molecular formula is C20H20Cl2N2O2. The van der Waals surface area contributed by atoms with E-state index in [1.165, 1.54) is 5.56 Å². The summed E-state index contributed by atoms with van der Waals surface area (Å²) in [6.45, 7) is 7.71. The number of halogens is 2. The van der Waals surface area contributed by atoms with Crippen LogP contribution < -0.4 is 9.47 Å². The minimum absolute atomic E-state index is 0.0846.